The van der Waals surface area contributed by atoms with Gasteiger partial charge in [-0.25, -0.2) is 9.97 Å². The molecule has 2 aromatic carbocycles. The van der Waals surface area contributed by atoms with E-state index in [-0.39, 0.29) is 30.2 Å². The number of primary amides is 2. The summed E-state index contributed by atoms with van der Waals surface area (Å²) in [5.41, 5.74) is 16.5. The van der Waals surface area contributed by atoms with Gasteiger partial charge in [-0.05, 0) is 64.1 Å². The van der Waals surface area contributed by atoms with Gasteiger partial charge in [0.1, 0.15) is 40.5 Å². The van der Waals surface area contributed by atoms with Crippen molar-refractivity contribution in [3.8, 4) is 23.3 Å². The van der Waals surface area contributed by atoms with Gasteiger partial charge in [-0.2, -0.15) is 10.2 Å². The van der Waals surface area contributed by atoms with Crippen LogP contribution in [0.2, 0.25) is 0 Å². The standard InChI is InChI=1S/C37H43N11O6.C7H10N2O/c1-5-48-28(18-23(2)44-48)35(51)43-37-42-26-19-24(33(38)49)21-29(52-4)31(26)47(37)12-7-6-11-46-32-27(41-36(46)40-3)20-25(34(39)50)22-30(32)54-15-9-8-10-45-13-16-53-17-14-45;1-3-9-7(5-10)4-6(2)8-9/h6-7,18-22H,5,10-17H2,1-4H3,(H2,38,49)(H2,39,50)(H,40,41)(H,42,43,51);4-5H,3H2,1-2H3/b7-6+;. The van der Waals surface area contributed by atoms with E-state index >= 15 is 0 Å². The first-order valence-corrected chi connectivity index (χ1v) is 20.7. The minimum atomic E-state index is -0.642. The van der Waals surface area contributed by atoms with Gasteiger partial charge in [0.2, 0.25) is 23.7 Å². The molecule has 64 heavy (non-hydrogen) atoms. The van der Waals surface area contributed by atoms with Crippen LogP contribution in [0.25, 0.3) is 22.1 Å². The summed E-state index contributed by atoms with van der Waals surface area (Å²) < 4.78 is 24.2. The fourth-order valence-corrected chi connectivity index (χ4v) is 7.15. The molecule has 3 amide bonds. The molecular formula is C44H53N13O7. The Morgan fingerprint density at radius 3 is 1.97 bits per heavy atom. The highest BCUT2D eigenvalue weighted by atomic mass is 16.5. The topological polar surface area (TPSA) is 247 Å². The molecule has 336 valence electrons. The fourth-order valence-electron chi connectivity index (χ4n) is 7.15. The number of anilines is 2. The monoisotopic (exact) mass is 875 g/mol. The summed E-state index contributed by atoms with van der Waals surface area (Å²) in [6, 6.07) is 9.80. The predicted molar refractivity (Wildman–Crippen MR) is 241 cm³/mol. The van der Waals surface area contributed by atoms with E-state index in [0.717, 1.165) is 31.6 Å². The highest BCUT2D eigenvalue weighted by Crippen LogP contribution is 2.32. The lowest BCUT2D eigenvalue weighted by atomic mass is 10.1. The Bertz CT molecular complexity index is 2760. The number of morpholine rings is 1. The Kier molecular flexibility index (Phi) is 15.1. The smallest absolute Gasteiger partial charge is 0.276 e. The summed E-state index contributed by atoms with van der Waals surface area (Å²) in [4.78, 5) is 59.8. The van der Waals surface area contributed by atoms with Crippen LogP contribution >= 0.6 is 0 Å². The van der Waals surface area contributed by atoms with E-state index in [9.17, 15) is 19.2 Å². The van der Waals surface area contributed by atoms with E-state index in [2.05, 4.69) is 42.6 Å². The minimum Gasteiger partial charge on any atom is -0.494 e. The average molecular weight is 876 g/mol. The summed E-state index contributed by atoms with van der Waals surface area (Å²) in [6.45, 7) is 13.1. The minimum absolute atomic E-state index is 0.0949. The first-order chi connectivity index (χ1) is 30.9. The van der Waals surface area contributed by atoms with E-state index in [0.29, 0.717) is 89.4 Å². The van der Waals surface area contributed by atoms with Crippen LogP contribution < -0.4 is 31.6 Å². The number of hydrogen-bond acceptors (Lipinski definition) is 13. The number of allylic oxidation sites excluding steroid dienone is 2. The normalized spacial score (nSPS) is 12.7. The Morgan fingerprint density at radius 1 is 0.812 bits per heavy atom. The number of aromatic nitrogens is 8. The molecule has 0 radical (unpaired) electrons. The highest BCUT2D eigenvalue weighted by molar-refractivity contribution is 6.04. The number of carbonyl (C=O) groups excluding carboxylic acids is 4. The number of nitrogens with two attached hydrogens (primary N) is 2. The molecule has 6 N–H and O–H groups in total. The zero-order valence-corrected chi connectivity index (χ0v) is 36.8. The Balaban J connectivity index is 0.000000600. The van der Waals surface area contributed by atoms with Crippen molar-refractivity contribution in [2.45, 2.75) is 53.9 Å². The molecule has 1 fully saturated rings. The second-order valence-corrected chi connectivity index (χ2v) is 14.5. The van der Waals surface area contributed by atoms with Gasteiger partial charge >= 0.3 is 0 Å². The van der Waals surface area contributed by atoms with Crippen molar-refractivity contribution < 1.29 is 33.4 Å². The molecule has 7 rings (SSSR count). The lowest BCUT2D eigenvalue weighted by molar-refractivity contribution is 0.0443. The number of hydrogen-bond donors (Lipinski definition) is 4. The fraction of sp³-hybridized carbons (Fsp3) is 0.364. The lowest BCUT2D eigenvalue weighted by Crippen LogP contribution is -2.36. The van der Waals surface area contributed by atoms with Crippen molar-refractivity contribution in [2.24, 2.45) is 11.5 Å². The van der Waals surface area contributed by atoms with Gasteiger partial charge in [-0.15, -0.1) is 0 Å². The first-order valence-electron chi connectivity index (χ1n) is 20.7. The molecule has 5 heterocycles. The number of methoxy groups -OCH3 is 1. The Morgan fingerprint density at radius 2 is 1.39 bits per heavy atom. The third kappa shape index (κ3) is 10.6. The maximum Gasteiger partial charge on any atom is 0.276 e. The molecular weight excluding hydrogens is 823 g/mol. The molecule has 0 unspecified atom stereocenters. The van der Waals surface area contributed by atoms with Gasteiger partial charge in [0.25, 0.3) is 5.91 Å². The molecule has 0 atom stereocenters. The van der Waals surface area contributed by atoms with E-state index in [1.807, 2.05) is 44.4 Å². The highest BCUT2D eigenvalue weighted by Gasteiger charge is 2.22. The second-order valence-electron chi connectivity index (χ2n) is 14.5. The number of aryl methyl sites for hydroxylation is 4. The molecule has 1 aliphatic heterocycles. The second kappa shape index (κ2) is 21.0. The molecule has 0 aliphatic carbocycles. The van der Waals surface area contributed by atoms with Crippen molar-refractivity contribution in [1.29, 1.82) is 0 Å². The number of rotatable bonds is 16. The van der Waals surface area contributed by atoms with Crippen LogP contribution in [-0.4, -0.2) is 121 Å². The molecule has 4 aromatic heterocycles. The van der Waals surface area contributed by atoms with E-state index < -0.39 is 17.7 Å². The number of nitrogens with one attached hydrogen (secondary N) is 2. The van der Waals surface area contributed by atoms with Gasteiger partial charge in [0, 0.05) is 57.4 Å². The van der Waals surface area contributed by atoms with Gasteiger partial charge in [0.05, 0.1) is 49.3 Å². The molecule has 6 aromatic rings. The quantitative estimate of drug-likeness (QED) is 0.0620. The van der Waals surface area contributed by atoms with Crippen LogP contribution in [0, 0.1) is 25.7 Å². The Labute approximate surface area is 369 Å². The van der Waals surface area contributed by atoms with Crippen LogP contribution in [0.3, 0.4) is 0 Å². The number of benzene rings is 2. The van der Waals surface area contributed by atoms with Crippen LogP contribution in [-0.2, 0) is 30.9 Å². The summed E-state index contributed by atoms with van der Waals surface area (Å²) >= 11 is 0. The SMILES string of the molecule is CCn1nc(C)cc1C(=O)Nc1nc2cc(C(N)=O)cc(OC)c2n1C/C=C/Cn1c(NC)nc2cc(C(N)=O)cc(OCC#CCN3CCOCC3)c21.CCn1nc(C)cc1C=O. The summed E-state index contributed by atoms with van der Waals surface area (Å²) in [5.74, 6) is 6.09. The molecule has 1 saturated heterocycles. The first kappa shape index (κ1) is 46.0. The number of amides is 3. The van der Waals surface area contributed by atoms with Crippen molar-refractivity contribution in [1.82, 2.24) is 43.6 Å². The van der Waals surface area contributed by atoms with Crippen LogP contribution in [0.4, 0.5) is 11.9 Å². The molecule has 20 nitrogen and oxygen atoms in total. The largest absolute Gasteiger partial charge is 0.494 e. The van der Waals surface area contributed by atoms with Gasteiger partial charge in [-0.1, -0.05) is 24.0 Å². The van der Waals surface area contributed by atoms with Crippen LogP contribution in [0.15, 0.2) is 48.6 Å². The van der Waals surface area contributed by atoms with Crippen LogP contribution in [0.5, 0.6) is 11.5 Å². The summed E-state index contributed by atoms with van der Waals surface area (Å²) in [5, 5.41) is 14.5. The molecule has 1 aliphatic rings. The maximum atomic E-state index is 13.5. The maximum absolute atomic E-state index is 13.5. The summed E-state index contributed by atoms with van der Waals surface area (Å²) in [7, 11) is 3.23. The number of ether oxygens (including phenoxy) is 3. The number of carbonyl (C=O) groups is 4. The molecule has 0 bridgehead atoms. The van der Waals surface area contributed by atoms with Crippen molar-refractivity contribution >= 4 is 58.0 Å². The van der Waals surface area contributed by atoms with Crippen molar-refractivity contribution in [3.05, 3.63) is 82.5 Å². The van der Waals surface area contributed by atoms with Gasteiger partial charge in [-0.3, -0.25) is 38.8 Å². The molecule has 0 saturated carbocycles. The Hall–Kier alpha value is -7.50. The third-order valence-electron chi connectivity index (χ3n) is 10.2. The van der Waals surface area contributed by atoms with Gasteiger partial charge in [0.15, 0.2) is 6.29 Å². The molecule has 0 spiro atoms. The number of fused-ring (bicyclic) bond motifs is 2. The third-order valence-corrected chi connectivity index (χ3v) is 10.2. The molecule has 20 heteroatoms. The summed E-state index contributed by atoms with van der Waals surface area (Å²) in [6.07, 6.45) is 4.65. The number of nitrogens with zero attached hydrogens (tertiary/aromatic N) is 9. The predicted octanol–water partition coefficient (Wildman–Crippen LogP) is 3.41. The van der Waals surface area contributed by atoms with Gasteiger partial charge < -0.3 is 40.1 Å². The lowest BCUT2D eigenvalue weighted by Gasteiger charge is -2.24. The van der Waals surface area contributed by atoms with E-state index in [4.69, 9.17) is 30.7 Å². The van der Waals surface area contributed by atoms with Crippen LogP contribution in [0.1, 0.15) is 66.9 Å². The average Bonchev–Trinajstić information content (AvgIpc) is 4.06. The van der Waals surface area contributed by atoms with Crippen molar-refractivity contribution in [3.63, 3.8) is 0 Å². The number of aldehydes is 1. The van der Waals surface area contributed by atoms with E-state index in [1.54, 1.807) is 57.4 Å². The van der Waals surface area contributed by atoms with Crippen molar-refractivity contribution in [2.75, 3.05) is 64.2 Å². The number of imidazole rings is 2. The van der Waals surface area contributed by atoms with E-state index in [1.165, 1.54) is 7.11 Å². The zero-order valence-electron chi connectivity index (χ0n) is 36.8. The zero-order chi connectivity index (χ0) is 45.9.